The van der Waals surface area contributed by atoms with Gasteiger partial charge in [0.15, 0.2) is 0 Å². The van der Waals surface area contributed by atoms with Crippen molar-refractivity contribution in [2.45, 2.75) is 32.8 Å². The fourth-order valence-electron chi connectivity index (χ4n) is 3.30. The summed E-state index contributed by atoms with van der Waals surface area (Å²) in [5, 5.41) is 9.80. The van der Waals surface area contributed by atoms with Crippen molar-refractivity contribution >= 4 is 5.97 Å². The first kappa shape index (κ1) is 19.7. The van der Waals surface area contributed by atoms with Crippen molar-refractivity contribution in [1.29, 1.82) is 0 Å². The molecular formula is C25H26O3. The van der Waals surface area contributed by atoms with Crippen LogP contribution in [0.25, 0.3) is 11.1 Å². The van der Waals surface area contributed by atoms with Crippen LogP contribution in [0.5, 0.6) is 5.75 Å². The minimum atomic E-state index is -0.798. The van der Waals surface area contributed by atoms with E-state index in [9.17, 15) is 9.90 Å². The molecule has 0 radical (unpaired) electrons. The standard InChI is InChI=1S/C25H26O3/c1-18(2)13-24(25(26)27)22-14-21(20-11-7-4-8-12-20)15-23(16-22)28-17-19-9-5-3-6-10-19/h3-12,14-16,18,24H,13,17H2,1-2H3,(H,26,27)/t24-/m1/s1. The van der Waals surface area contributed by atoms with E-state index in [4.69, 9.17) is 4.74 Å². The normalized spacial score (nSPS) is 12.0. The van der Waals surface area contributed by atoms with Gasteiger partial charge in [0.05, 0.1) is 5.92 Å². The van der Waals surface area contributed by atoms with E-state index in [0.29, 0.717) is 18.8 Å². The Balaban J connectivity index is 1.97. The molecule has 0 saturated carbocycles. The Morgan fingerprint density at radius 3 is 2.14 bits per heavy atom. The number of aliphatic carboxylic acids is 1. The number of hydrogen-bond donors (Lipinski definition) is 1. The monoisotopic (exact) mass is 374 g/mol. The summed E-state index contributed by atoms with van der Waals surface area (Å²) < 4.78 is 6.04. The highest BCUT2D eigenvalue weighted by atomic mass is 16.5. The zero-order valence-corrected chi connectivity index (χ0v) is 16.3. The van der Waals surface area contributed by atoms with Crippen molar-refractivity contribution in [3.63, 3.8) is 0 Å². The van der Waals surface area contributed by atoms with Crippen LogP contribution >= 0.6 is 0 Å². The lowest BCUT2D eigenvalue weighted by atomic mass is 9.88. The third-order valence-corrected chi connectivity index (χ3v) is 4.69. The van der Waals surface area contributed by atoms with Crippen LogP contribution in [0.2, 0.25) is 0 Å². The maximum Gasteiger partial charge on any atom is 0.310 e. The van der Waals surface area contributed by atoms with Gasteiger partial charge < -0.3 is 9.84 Å². The van der Waals surface area contributed by atoms with Crippen molar-refractivity contribution < 1.29 is 14.6 Å². The van der Waals surface area contributed by atoms with Gasteiger partial charge in [0, 0.05) is 0 Å². The third-order valence-electron chi connectivity index (χ3n) is 4.69. The van der Waals surface area contributed by atoms with Crippen molar-refractivity contribution in [3.05, 3.63) is 90.0 Å². The fraction of sp³-hybridized carbons (Fsp3) is 0.240. The Morgan fingerprint density at radius 1 is 0.893 bits per heavy atom. The Kier molecular flexibility index (Phi) is 6.49. The third kappa shape index (κ3) is 5.23. The molecule has 28 heavy (non-hydrogen) atoms. The molecule has 0 spiro atoms. The maximum atomic E-state index is 11.9. The van der Waals surface area contributed by atoms with E-state index in [1.807, 2.05) is 92.7 Å². The molecule has 0 aliphatic carbocycles. The summed E-state index contributed by atoms with van der Waals surface area (Å²) >= 11 is 0. The van der Waals surface area contributed by atoms with Gasteiger partial charge in [0.2, 0.25) is 0 Å². The van der Waals surface area contributed by atoms with Crippen LogP contribution in [-0.2, 0) is 11.4 Å². The number of ether oxygens (including phenoxy) is 1. The largest absolute Gasteiger partial charge is 0.489 e. The minimum absolute atomic E-state index is 0.287. The van der Waals surface area contributed by atoms with E-state index in [0.717, 1.165) is 22.3 Å². The predicted octanol–water partition coefficient (Wildman–Crippen LogP) is 6.15. The Hall–Kier alpha value is -3.07. The number of rotatable bonds is 8. The molecule has 3 aromatic rings. The Labute approximate surface area is 166 Å². The molecule has 3 aromatic carbocycles. The first-order chi connectivity index (χ1) is 13.5. The van der Waals surface area contributed by atoms with Crippen LogP contribution < -0.4 is 4.74 Å². The Bertz CT molecular complexity index is 902. The van der Waals surface area contributed by atoms with Gasteiger partial charge in [0.1, 0.15) is 12.4 Å². The van der Waals surface area contributed by atoms with Crippen LogP contribution in [0.1, 0.15) is 37.3 Å². The quantitative estimate of drug-likeness (QED) is 0.514. The molecule has 144 valence electrons. The molecule has 0 aromatic heterocycles. The second-order valence-electron chi connectivity index (χ2n) is 7.45. The van der Waals surface area contributed by atoms with Gasteiger partial charge in [-0.15, -0.1) is 0 Å². The molecule has 0 aliphatic rings. The molecule has 3 rings (SSSR count). The lowest BCUT2D eigenvalue weighted by Gasteiger charge is -2.18. The van der Waals surface area contributed by atoms with Crippen molar-refractivity contribution in [1.82, 2.24) is 0 Å². The van der Waals surface area contributed by atoms with Crippen LogP contribution in [-0.4, -0.2) is 11.1 Å². The number of carboxylic acid groups (broad SMARTS) is 1. The highest BCUT2D eigenvalue weighted by Crippen LogP contribution is 2.33. The molecular weight excluding hydrogens is 348 g/mol. The molecule has 0 fully saturated rings. The van der Waals surface area contributed by atoms with Crippen molar-refractivity contribution in [2.75, 3.05) is 0 Å². The molecule has 0 amide bonds. The summed E-state index contributed by atoms with van der Waals surface area (Å²) in [5.41, 5.74) is 3.87. The average Bonchev–Trinajstić information content (AvgIpc) is 2.71. The zero-order valence-electron chi connectivity index (χ0n) is 16.3. The molecule has 0 bridgehead atoms. The van der Waals surface area contributed by atoms with Gasteiger partial charge in [-0.2, -0.15) is 0 Å². The van der Waals surface area contributed by atoms with Gasteiger partial charge in [-0.05, 0) is 46.7 Å². The Morgan fingerprint density at radius 2 is 1.54 bits per heavy atom. The van der Waals surface area contributed by atoms with Gasteiger partial charge >= 0.3 is 5.97 Å². The molecule has 0 unspecified atom stereocenters. The van der Waals surface area contributed by atoms with E-state index in [1.54, 1.807) is 0 Å². The smallest absolute Gasteiger partial charge is 0.310 e. The number of carbonyl (C=O) groups is 1. The van der Waals surface area contributed by atoms with Gasteiger partial charge in [-0.1, -0.05) is 80.6 Å². The summed E-state index contributed by atoms with van der Waals surface area (Å²) in [5.74, 6) is -0.374. The second-order valence-corrected chi connectivity index (χ2v) is 7.45. The topological polar surface area (TPSA) is 46.5 Å². The van der Waals surface area contributed by atoms with Crippen LogP contribution in [0.3, 0.4) is 0 Å². The summed E-state index contributed by atoms with van der Waals surface area (Å²) in [6.07, 6.45) is 0.589. The fourth-order valence-corrected chi connectivity index (χ4v) is 3.30. The number of carboxylic acids is 1. The molecule has 0 heterocycles. The minimum Gasteiger partial charge on any atom is -0.489 e. The predicted molar refractivity (Wildman–Crippen MR) is 112 cm³/mol. The molecule has 1 atom stereocenters. The van der Waals surface area contributed by atoms with Gasteiger partial charge in [-0.25, -0.2) is 0 Å². The SMILES string of the molecule is CC(C)C[C@@H](C(=O)O)c1cc(OCc2ccccc2)cc(-c2ccccc2)c1. The number of hydrogen-bond acceptors (Lipinski definition) is 2. The van der Waals surface area contributed by atoms with Crippen molar-refractivity contribution in [3.8, 4) is 16.9 Å². The van der Waals surface area contributed by atoms with Gasteiger partial charge in [-0.3, -0.25) is 4.79 Å². The van der Waals surface area contributed by atoms with E-state index in [2.05, 4.69) is 0 Å². The first-order valence-corrected chi connectivity index (χ1v) is 9.63. The summed E-state index contributed by atoms with van der Waals surface area (Å²) in [6.45, 7) is 4.54. The lowest BCUT2D eigenvalue weighted by molar-refractivity contribution is -0.139. The maximum absolute atomic E-state index is 11.9. The highest BCUT2D eigenvalue weighted by Gasteiger charge is 2.22. The van der Waals surface area contributed by atoms with Crippen LogP contribution in [0.15, 0.2) is 78.9 Å². The summed E-state index contributed by atoms with van der Waals surface area (Å²) in [6, 6.07) is 25.8. The lowest BCUT2D eigenvalue weighted by Crippen LogP contribution is -2.14. The summed E-state index contributed by atoms with van der Waals surface area (Å²) in [7, 11) is 0. The molecule has 0 aliphatic heterocycles. The molecule has 0 saturated heterocycles. The zero-order chi connectivity index (χ0) is 19.9. The van der Waals surface area contributed by atoms with E-state index < -0.39 is 11.9 Å². The van der Waals surface area contributed by atoms with Crippen LogP contribution in [0.4, 0.5) is 0 Å². The average molecular weight is 374 g/mol. The van der Waals surface area contributed by atoms with E-state index >= 15 is 0 Å². The number of benzene rings is 3. The van der Waals surface area contributed by atoms with Crippen molar-refractivity contribution in [2.24, 2.45) is 5.92 Å². The molecule has 3 nitrogen and oxygen atoms in total. The second kappa shape index (κ2) is 9.23. The first-order valence-electron chi connectivity index (χ1n) is 9.63. The summed E-state index contributed by atoms with van der Waals surface area (Å²) in [4.78, 5) is 11.9. The highest BCUT2D eigenvalue weighted by molar-refractivity contribution is 5.78. The molecule has 3 heteroatoms. The van der Waals surface area contributed by atoms with E-state index in [-0.39, 0.29) is 5.92 Å². The van der Waals surface area contributed by atoms with Crippen LogP contribution in [0, 0.1) is 5.92 Å². The van der Waals surface area contributed by atoms with E-state index in [1.165, 1.54) is 0 Å². The van der Waals surface area contributed by atoms with Gasteiger partial charge in [0.25, 0.3) is 0 Å². The molecule has 1 N–H and O–H groups in total.